The van der Waals surface area contributed by atoms with Crippen LogP contribution >= 0.6 is 0 Å². The average Bonchev–Trinajstić information content (AvgIpc) is 2.69. The molecule has 0 saturated heterocycles. The number of aromatic nitrogens is 1. The van der Waals surface area contributed by atoms with Crippen LogP contribution in [0.25, 0.3) is 5.52 Å². The molecule has 0 unspecified atom stereocenters. The standard InChI is InChI=1S/C13H15NO2/c1-2-16-13(15)7-6-11-9-12-5-3-4-8-14(12)10-11/h3-5,8-10H,2,6-7H2,1H3. The zero-order chi connectivity index (χ0) is 11.4. The molecular weight excluding hydrogens is 202 g/mol. The predicted octanol–water partition coefficient (Wildman–Crippen LogP) is 2.44. The second-order valence-electron chi connectivity index (χ2n) is 3.69. The molecule has 3 heteroatoms. The Bertz CT molecular complexity index is 454. The first-order valence-corrected chi connectivity index (χ1v) is 5.51. The van der Waals surface area contributed by atoms with Crippen molar-refractivity contribution in [1.82, 2.24) is 4.40 Å². The van der Waals surface area contributed by atoms with Gasteiger partial charge in [0.15, 0.2) is 0 Å². The minimum atomic E-state index is -0.127. The van der Waals surface area contributed by atoms with Crippen molar-refractivity contribution in [3.63, 3.8) is 0 Å². The van der Waals surface area contributed by atoms with Gasteiger partial charge in [-0.3, -0.25) is 4.79 Å². The number of ether oxygens (including phenoxy) is 1. The molecular formula is C13H15NO2. The zero-order valence-electron chi connectivity index (χ0n) is 9.35. The molecule has 0 aliphatic rings. The molecule has 0 aromatic carbocycles. The van der Waals surface area contributed by atoms with Crippen LogP contribution in [-0.2, 0) is 16.0 Å². The third-order valence-corrected chi connectivity index (χ3v) is 2.48. The Hall–Kier alpha value is -1.77. The lowest BCUT2D eigenvalue weighted by molar-refractivity contribution is -0.143. The molecule has 0 N–H and O–H groups in total. The lowest BCUT2D eigenvalue weighted by Gasteiger charge is -1.99. The molecule has 0 saturated carbocycles. The van der Waals surface area contributed by atoms with E-state index in [-0.39, 0.29) is 5.97 Å². The van der Waals surface area contributed by atoms with E-state index in [9.17, 15) is 4.79 Å². The van der Waals surface area contributed by atoms with Gasteiger partial charge in [-0.2, -0.15) is 0 Å². The van der Waals surface area contributed by atoms with E-state index >= 15 is 0 Å². The van der Waals surface area contributed by atoms with Gasteiger partial charge in [0.05, 0.1) is 6.61 Å². The second-order valence-corrected chi connectivity index (χ2v) is 3.69. The van der Waals surface area contributed by atoms with E-state index in [1.807, 2.05) is 31.3 Å². The van der Waals surface area contributed by atoms with Crippen LogP contribution in [-0.4, -0.2) is 17.0 Å². The summed E-state index contributed by atoms with van der Waals surface area (Å²) in [6.07, 6.45) is 5.24. The van der Waals surface area contributed by atoms with E-state index in [0.717, 1.165) is 11.9 Å². The van der Waals surface area contributed by atoms with Gasteiger partial charge in [0, 0.05) is 24.3 Å². The number of carbonyl (C=O) groups excluding carboxylic acids is 1. The number of nitrogens with zero attached hydrogens (tertiary/aromatic N) is 1. The maximum Gasteiger partial charge on any atom is 0.306 e. The maximum absolute atomic E-state index is 11.2. The lowest BCUT2D eigenvalue weighted by Crippen LogP contribution is -2.04. The summed E-state index contributed by atoms with van der Waals surface area (Å²) in [4.78, 5) is 11.2. The Morgan fingerprint density at radius 1 is 1.44 bits per heavy atom. The van der Waals surface area contributed by atoms with Gasteiger partial charge in [-0.15, -0.1) is 0 Å². The second kappa shape index (κ2) is 4.84. The molecule has 2 rings (SSSR count). The van der Waals surface area contributed by atoms with Crippen molar-refractivity contribution >= 4 is 11.5 Å². The molecule has 0 radical (unpaired) electrons. The molecule has 0 spiro atoms. The van der Waals surface area contributed by atoms with Crippen molar-refractivity contribution in [2.24, 2.45) is 0 Å². The average molecular weight is 217 g/mol. The number of hydrogen-bond donors (Lipinski definition) is 0. The van der Waals surface area contributed by atoms with E-state index in [1.165, 1.54) is 5.56 Å². The quantitative estimate of drug-likeness (QED) is 0.736. The van der Waals surface area contributed by atoms with Gasteiger partial charge in [-0.25, -0.2) is 0 Å². The van der Waals surface area contributed by atoms with Crippen LogP contribution in [0.2, 0.25) is 0 Å². The molecule has 16 heavy (non-hydrogen) atoms. The highest BCUT2D eigenvalue weighted by atomic mass is 16.5. The van der Waals surface area contributed by atoms with Gasteiger partial charge in [-0.05, 0) is 37.1 Å². The molecule has 0 fully saturated rings. The molecule has 0 aliphatic carbocycles. The van der Waals surface area contributed by atoms with Crippen molar-refractivity contribution in [2.45, 2.75) is 19.8 Å². The van der Waals surface area contributed by atoms with Crippen LogP contribution in [0.4, 0.5) is 0 Å². The van der Waals surface area contributed by atoms with Crippen LogP contribution in [0, 0.1) is 0 Å². The van der Waals surface area contributed by atoms with Crippen LogP contribution < -0.4 is 0 Å². The number of aryl methyl sites for hydroxylation is 1. The summed E-state index contributed by atoms with van der Waals surface area (Å²) in [7, 11) is 0. The topological polar surface area (TPSA) is 30.7 Å². The summed E-state index contributed by atoms with van der Waals surface area (Å²) in [5.41, 5.74) is 2.32. The van der Waals surface area contributed by atoms with Gasteiger partial charge < -0.3 is 9.14 Å². The third-order valence-electron chi connectivity index (χ3n) is 2.48. The number of hydrogen-bond acceptors (Lipinski definition) is 2. The molecule has 0 atom stereocenters. The molecule has 2 aromatic rings. The first-order valence-electron chi connectivity index (χ1n) is 5.51. The van der Waals surface area contributed by atoms with Crippen molar-refractivity contribution in [1.29, 1.82) is 0 Å². The number of fused-ring (bicyclic) bond motifs is 1. The summed E-state index contributed by atoms with van der Waals surface area (Å²) in [5.74, 6) is -0.127. The van der Waals surface area contributed by atoms with Crippen LogP contribution in [0.3, 0.4) is 0 Å². The smallest absolute Gasteiger partial charge is 0.306 e. The summed E-state index contributed by atoms with van der Waals surface area (Å²) in [6, 6.07) is 8.14. The van der Waals surface area contributed by atoms with Crippen molar-refractivity contribution in [2.75, 3.05) is 6.61 Å². The molecule has 0 aliphatic heterocycles. The highest BCUT2D eigenvalue weighted by molar-refractivity contribution is 5.69. The van der Waals surface area contributed by atoms with Crippen molar-refractivity contribution < 1.29 is 9.53 Å². The van der Waals surface area contributed by atoms with Gasteiger partial charge in [0.25, 0.3) is 0 Å². The lowest BCUT2D eigenvalue weighted by atomic mass is 10.2. The molecule has 0 amide bonds. The normalized spacial score (nSPS) is 10.6. The molecule has 0 bridgehead atoms. The molecule has 2 aromatic heterocycles. The Kier molecular flexibility index (Phi) is 3.25. The fourth-order valence-corrected chi connectivity index (χ4v) is 1.73. The van der Waals surface area contributed by atoms with E-state index < -0.39 is 0 Å². The predicted molar refractivity (Wildman–Crippen MR) is 62.4 cm³/mol. The van der Waals surface area contributed by atoms with Crippen molar-refractivity contribution in [3.8, 4) is 0 Å². The third kappa shape index (κ3) is 2.42. The first kappa shape index (κ1) is 10.7. The summed E-state index contributed by atoms with van der Waals surface area (Å²) in [5, 5.41) is 0. The van der Waals surface area contributed by atoms with E-state index in [0.29, 0.717) is 13.0 Å². The van der Waals surface area contributed by atoms with E-state index in [1.54, 1.807) is 0 Å². The highest BCUT2D eigenvalue weighted by Gasteiger charge is 2.04. The minimum Gasteiger partial charge on any atom is -0.466 e. The molecule has 84 valence electrons. The summed E-state index contributed by atoms with van der Waals surface area (Å²) >= 11 is 0. The monoisotopic (exact) mass is 217 g/mol. The minimum absolute atomic E-state index is 0.127. The summed E-state index contributed by atoms with van der Waals surface area (Å²) < 4.78 is 6.95. The van der Waals surface area contributed by atoms with Crippen molar-refractivity contribution in [3.05, 3.63) is 42.2 Å². The van der Waals surface area contributed by atoms with Crippen LogP contribution in [0.1, 0.15) is 18.9 Å². The number of esters is 1. The van der Waals surface area contributed by atoms with Gasteiger partial charge in [0.1, 0.15) is 0 Å². The zero-order valence-corrected chi connectivity index (χ0v) is 9.35. The van der Waals surface area contributed by atoms with Crippen LogP contribution in [0.5, 0.6) is 0 Å². The number of carbonyl (C=O) groups is 1. The Morgan fingerprint density at radius 2 is 2.31 bits per heavy atom. The number of pyridine rings is 1. The summed E-state index contributed by atoms with van der Waals surface area (Å²) in [6.45, 7) is 2.28. The van der Waals surface area contributed by atoms with Crippen LogP contribution in [0.15, 0.2) is 36.7 Å². The van der Waals surface area contributed by atoms with Gasteiger partial charge in [0.2, 0.25) is 0 Å². The Morgan fingerprint density at radius 3 is 3.06 bits per heavy atom. The van der Waals surface area contributed by atoms with Gasteiger partial charge >= 0.3 is 5.97 Å². The fourth-order valence-electron chi connectivity index (χ4n) is 1.73. The fraction of sp³-hybridized carbons (Fsp3) is 0.308. The molecule has 3 nitrogen and oxygen atoms in total. The largest absolute Gasteiger partial charge is 0.466 e. The Balaban J connectivity index is 2.02. The maximum atomic E-state index is 11.2. The SMILES string of the molecule is CCOC(=O)CCc1cc2ccccn2c1. The van der Waals surface area contributed by atoms with E-state index in [4.69, 9.17) is 4.74 Å². The highest BCUT2D eigenvalue weighted by Crippen LogP contribution is 2.11. The first-order chi connectivity index (χ1) is 7.79. The van der Waals surface area contributed by atoms with E-state index in [2.05, 4.69) is 16.7 Å². The van der Waals surface area contributed by atoms with Gasteiger partial charge in [-0.1, -0.05) is 6.07 Å². The molecule has 2 heterocycles. The Labute approximate surface area is 94.6 Å². The number of rotatable bonds is 4.